The Balaban J connectivity index is 2.31. The molecule has 17 heavy (non-hydrogen) atoms. The molecule has 1 fully saturated rings. The number of hydrogen-bond donors (Lipinski definition) is 2. The van der Waals surface area contributed by atoms with Crippen molar-refractivity contribution < 1.29 is 5.11 Å². The molecule has 94 valence electrons. The Labute approximate surface area is 104 Å². The van der Waals surface area contributed by atoms with Gasteiger partial charge in [-0.05, 0) is 28.9 Å². The van der Waals surface area contributed by atoms with Gasteiger partial charge >= 0.3 is 0 Å². The molecule has 1 heterocycles. The molecule has 2 nitrogen and oxygen atoms in total. The Bertz CT molecular complexity index is 381. The second kappa shape index (κ2) is 4.79. The van der Waals surface area contributed by atoms with Crippen molar-refractivity contribution in [1.82, 2.24) is 5.32 Å². The first kappa shape index (κ1) is 12.6. The highest BCUT2D eigenvalue weighted by atomic mass is 16.3. The van der Waals surface area contributed by atoms with Gasteiger partial charge in [0.1, 0.15) is 0 Å². The van der Waals surface area contributed by atoms with E-state index in [1.807, 2.05) is 0 Å². The second-order valence-electron chi connectivity index (χ2n) is 6.08. The summed E-state index contributed by atoms with van der Waals surface area (Å²) in [6.07, 6.45) is 0.668. The fourth-order valence-electron chi connectivity index (χ4n) is 2.69. The van der Waals surface area contributed by atoms with E-state index in [0.29, 0.717) is 5.92 Å². The number of hydrogen-bond acceptors (Lipinski definition) is 2. The average Bonchev–Trinajstić information content (AvgIpc) is 2.28. The van der Waals surface area contributed by atoms with Crippen molar-refractivity contribution in [2.45, 2.75) is 44.6 Å². The highest BCUT2D eigenvalue weighted by Gasteiger charge is 2.26. The molecular formula is C15H23NO. The van der Waals surface area contributed by atoms with E-state index in [1.165, 1.54) is 11.1 Å². The van der Waals surface area contributed by atoms with Gasteiger partial charge in [-0.2, -0.15) is 0 Å². The van der Waals surface area contributed by atoms with E-state index in [1.54, 1.807) is 0 Å². The zero-order chi connectivity index (χ0) is 12.5. The highest BCUT2D eigenvalue weighted by molar-refractivity contribution is 5.36. The molecule has 1 aliphatic rings. The maximum absolute atomic E-state index is 9.77. The van der Waals surface area contributed by atoms with Crippen molar-refractivity contribution in [3.63, 3.8) is 0 Å². The number of nitrogens with one attached hydrogen (secondary N) is 1. The molecule has 1 aromatic rings. The Morgan fingerprint density at radius 3 is 2.53 bits per heavy atom. The fourth-order valence-corrected chi connectivity index (χ4v) is 2.69. The summed E-state index contributed by atoms with van der Waals surface area (Å²) in [4.78, 5) is 0. The molecule has 1 saturated heterocycles. The lowest BCUT2D eigenvalue weighted by Crippen LogP contribution is -2.38. The molecule has 0 saturated carbocycles. The minimum Gasteiger partial charge on any atom is -0.392 e. The molecule has 2 rings (SSSR count). The first-order valence-corrected chi connectivity index (χ1v) is 6.46. The lowest BCUT2D eigenvalue weighted by atomic mass is 9.78. The Kier molecular flexibility index (Phi) is 3.55. The lowest BCUT2D eigenvalue weighted by molar-refractivity contribution is 0.131. The minimum absolute atomic E-state index is 0.166. The largest absolute Gasteiger partial charge is 0.392 e. The van der Waals surface area contributed by atoms with Crippen LogP contribution >= 0.6 is 0 Å². The summed E-state index contributed by atoms with van der Waals surface area (Å²) >= 11 is 0. The number of β-amino-alcohol motifs (C(OH)–C–C–N with tert-alkyl or cyclic N) is 1. The van der Waals surface area contributed by atoms with Crippen LogP contribution < -0.4 is 5.32 Å². The fraction of sp³-hybridized carbons (Fsp3) is 0.600. The van der Waals surface area contributed by atoms with Gasteiger partial charge in [0.15, 0.2) is 0 Å². The van der Waals surface area contributed by atoms with Crippen molar-refractivity contribution in [2.24, 2.45) is 0 Å². The predicted octanol–water partition coefficient (Wildman–Crippen LogP) is 2.42. The predicted molar refractivity (Wildman–Crippen MR) is 71.4 cm³/mol. The third-order valence-electron chi connectivity index (χ3n) is 3.54. The smallest absolute Gasteiger partial charge is 0.0670 e. The summed E-state index contributed by atoms with van der Waals surface area (Å²) in [5, 5.41) is 13.1. The van der Waals surface area contributed by atoms with Gasteiger partial charge in [0.05, 0.1) is 6.10 Å². The molecule has 1 aliphatic heterocycles. The number of piperidine rings is 1. The van der Waals surface area contributed by atoms with Crippen LogP contribution in [0.15, 0.2) is 24.3 Å². The standard InChI is InChI=1S/C15H23NO/c1-15(2,3)14-7-5-4-6-13(14)11-8-12(17)10-16-9-11/h4-7,11-12,16-17H,8-10H2,1-3H3. The molecule has 0 radical (unpaired) electrons. The molecule has 2 heteroatoms. The van der Waals surface area contributed by atoms with Gasteiger partial charge in [-0.25, -0.2) is 0 Å². The Morgan fingerprint density at radius 1 is 1.18 bits per heavy atom. The van der Waals surface area contributed by atoms with Gasteiger partial charge in [0, 0.05) is 13.1 Å². The first-order valence-electron chi connectivity index (χ1n) is 6.46. The maximum atomic E-state index is 9.77. The molecule has 2 atom stereocenters. The SMILES string of the molecule is CC(C)(C)c1ccccc1C1CNCC(O)C1. The lowest BCUT2D eigenvalue weighted by Gasteiger charge is -2.32. The van der Waals surface area contributed by atoms with Crippen molar-refractivity contribution in [3.8, 4) is 0 Å². The van der Waals surface area contributed by atoms with Crippen molar-refractivity contribution >= 4 is 0 Å². The van der Waals surface area contributed by atoms with E-state index in [0.717, 1.165) is 19.5 Å². The van der Waals surface area contributed by atoms with Crippen molar-refractivity contribution in [2.75, 3.05) is 13.1 Å². The molecule has 1 aromatic carbocycles. The third-order valence-corrected chi connectivity index (χ3v) is 3.54. The van der Waals surface area contributed by atoms with Crippen molar-refractivity contribution in [1.29, 1.82) is 0 Å². The summed E-state index contributed by atoms with van der Waals surface area (Å²) in [7, 11) is 0. The summed E-state index contributed by atoms with van der Waals surface area (Å²) in [6, 6.07) is 8.64. The van der Waals surface area contributed by atoms with Gasteiger partial charge in [-0.3, -0.25) is 0 Å². The van der Waals surface area contributed by atoms with Crippen LogP contribution in [-0.2, 0) is 5.41 Å². The monoisotopic (exact) mass is 233 g/mol. The van der Waals surface area contributed by atoms with Crippen molar-refractivity contribution in [3.05, 3.63) is 35.4 Å². The first-order chi connectivity index (χ1) is 7.98. The summed E-state index contributed by atoms with van der Waals surface area (Å²) in [5.74, 6) is 0.439. The quantitative estimate of drug-likeness (QED) is 0.781. The van der Waals surface area contributed by atoms with Crippen LogP contribution in [0, 0.1) is 0 Å². The van der Waals surface area contributed by atoms with E-state index in [4.69, 9.17) is 0 Å². The topological polar surface area (TPSA) is 32.3 Å². The van der Waals surface area contributed by atoms with Gasteiger partial charge in [0.2, 0.25) is 0 Å². The maximum Gasteiger partial charge on any atom is 0.0670 e. The second-order valence-corrected chi connectivity index (χ2v) is 6.08. The number of benzene rings is 1. The minimum atomic E-state index is -0.207. The van der Waals surface area contributed by atoms with Gasteiger partial charge < -0.3 is 10.4 Å². The number of aliphatic hydroxyl groups is 1. The zero-order valence-electron chi connectivity index (χ0n) is 11.0. The average molecular weight is 233 g/mol. The van der Waals surface area contributed by atoms with E-state index in [9.17, 15) is 5.11 Å². The molecular weight excluding hydrogens is 210 g/mol. The summed E-state index contributed by atoms with van der Waals surface area (Å²) in [5.41, 5.74) is 2.96. The van der Waals surface area contributed by atoms with E-state index in [-0.39, 0.29) is 11.5 Å². The highest BCUT2D eigenvalue weighted by Crippen LogP contribution is 2.33. The van der Waals surface area contributed by atoms with Crippen LogP contribution in [0.4, 0.5) is 0 Å². The molecule has 0 amide bonds. The van der Waals surface area contributed by atoms with E-state index in [2.05, 4.69) is 50.4 Å². The normalized spacial score (nSPS) is 25.9. The van der Waals surface area contributed by atoms with Gasteiger partial charge in [-0.1, -0.05) is 45.0 Å². The summed E-state index contributed by atoms with van der Waals surface area (Å²) < 4.78 is 0. The van der Waals surface area contributed by atoms with Crippen LogP contribution in [0.1, 0.15) is 44.2 Å². The van der Waals surface area contributed by atoms with Crippen LogP contribution in [0.3, 0.4) is 0 Å². The molecule has 0 aromatic heterocycles. The number of aliphatic hydroxyl groups excluding tert-OH is 1. The molecule has 2 unspecified atom stereocenters. The van der Waals surface area contributed by atoms with Crippen LogP contribution in [0.5, 0.6) is 0 Å². The third kappa shape index (κ3) is 2.88. The van der Waals surface area contributed by atoms with Gasteiger partial charge in [-0.15, -0.1) is 0 Å². The Morgan fingerprint density at radius 2 is 1.88 bits per heavy atom. The van der Waals surface area contributed by atoms with E-state index < -0.39 is 0 Å². The molecule has 2 N–H and O–H groups in total. The van der Waals surface area contributed by atoms with E-state index >= 15 is 0 Å². The summed E-state index contributed by atoms with van der Waals surface area (Å²) in [6.45, 7) is 8.45. The van der Waals surface area contributed by atoms with Crippen LogP contribution in [0.2, 0.25) is 0 Å². The molecule has 0 aliphatic carbocycles. The van der Waals surface area contributed by atoms with Gasteiger partial charge in [0.25, 0.3) is 0 Å². The number of rotatable bonds is 1. The molecule has 0 bridgehead atoms. The van der Waals surface area contributed by atoms with Crippen LogP contribution in [-0.4, -0.2) is 24.3 Å². The Hall–Kier alpha value is -0.860. The molecule has 0 spiro atoms. The zero-order valence-corrected chi connectivity index (χ0v) is 11.0. The van der Waals surface area contributed by atoms with Crippen LogP contribution in [0.25, 0.3) is 0 Å².